The van der Waals surface area contributed by atoms with Crippen molar-refractivity contribution in [2.75, 3.05) is 26.4 Å². The second-order valence-electron chi connectivity index (χ2n) is 7.27. The van der Waals surface area contributed by atoms with Gasteiger partial charge in [-0.1, -0.05) is 30.0 Å². The van der Waals surface area contributed by atoms with Gasteiger partial charge in [0.15, 0.2) is 5.76 Å². The molecule has 1 N–H and O–H groups in total. The molecule has 1 aromatic carbocycles. The number of carbonyl (C=O) groups is 1. The third-order valence-corrected chi connectivity index (χ3v) is 7.09. The van der Waals surface area contributed by atoms with Crippen molar-refractivity contribution in [3.8, 4) is 0 Å². The Kier molecular flexibility index (Phi) is 7.43. The van der Waals surface area contributed by atoms with E-state index in [9.17, 15) is 4.79 Å². The fourth-order valence-electron chi connectivity index (χ4n) is 3.41. The van der Waals surface area contributed by atoms with E-state index in [1.165, 1.54) is 0 Å². The number of aryl methyl sites for hydroxylation is 1. The average Bonchev–Trinajstić information content (AvgIpc) is 3.49. The topological polar surface area (TPSA) is 73.6 Å². The number of benzene rings is 1. The first-order valence-electron chi connectivity index (χ1n) is 10.2. The molecule has 160 valence electrons. The molecular formula is C22H26N2O4S2. The van der Waals surface area contributed by atoms with E-state index in [0.29, 0.717) is 31.3 Å². The van der Waals surface area contributed by atoms with Gasteiger partial charge >= 0.3 is 0 Å². The van der Waals surface area contributed by atoms with Crippen LogP contribution in [0.25, 0.3) is 11.0 Å². The van der Waals surface area contributed by atoms with E-state index in [-0.39, 0.29) is 12.0 Å². The van der Waals surface area contributed by atoms with Gasteiger partial charge < -0.3 is 19.2 Å². The SMILES string of the molecule is Cc1csc(SCc2c(C(=O)NCCCOCC3CCCO3)oc3ccccc23)n1. The van der Waals surface area contributed by atoms with Gasteiger partial charge in [0.25, 0.3) is 5.91 Å². The third-order valence-electron chi connectivity index (χ3n) is 4.92. The minimum absolute atomic E-state index is 0.184. The van der Waals surface area contributed by atoms with E-state index < -0.39 is 0 Å². The number of amides is 1. The Morgan fingerprint density at radius 2 is 2.30 bits per heavy atom. The molecule has 4 rings (SSSR count). The largest absolute Gasteiger partial charge is 0.451 e. The summed E-state index contributed by atoms with van der Waals surface area (Å²) in [6.45, 7) is 4.60. The van der Waals surface area contributed by atoms with Crippen LogP contribution in [0.1, 0.15) is 41.1 Å². The first kappa shape index (κ1) is 21.4. The van der Waals surface area contributed by atoms with E-state index in [1.54, 1.807) is 23.1 Å². The molecule has 0 spiro atoms. The molecule has 0 saturated carbocycles. The molecule has 6 nitrogen and oxygen atoms in total. The Labute approximate surface area is 184 Å². The van der Waals surface area contributed by atoms with Crippen molar-refractivity contribution in [3.63, 3.8) is 0 Å². The fourth-order valence-corrected chi connectivity index (χ4v) is 5.28. The lowest BCUT2D eigenvalue weighted by molar-refractivity contribution is 0.0166. The lowest BCUT2D eigenvalue weighted by Crippen LogP contribution is -2.26. The molecule has 1 aliphatic heterocycles. The normalized spacial score (nSPS) is 16.4. The molecule has 0 aliphatic carbocycles. The molecule has 0 radical (unpaired) electrons. The van der Waals surface area contributed by atoms with E-state index in [1.807, 2.05) is 36.6 Å². The number of carbonyl (C=O) groups excluding carboxylic acids is 1. The number of aromatic nitrogens is 1. The van der Waals surface area contributed by atoms with Gasteiger partial charge in [-0.15, -0.1) is 11.3 Å². The van der Waals surface area contributed by atoms with Crippen LogP contribution in [0.2, 0.25) is 0 Å². The lowest BCUT2D eigenvalue weighted by atomic mass is 10.1. The molecule has 1 aliphatic rings. The Morgan fingerprint density at radius 1 is 1.40 bits per heavy atom. The van der Waals surface area contributed by atoms with Crippen LogP contribution in [0.5, 0.6) is 0 Å². The van der Waals surface area contributed by atoms with Crippen LogP contribution in [0.3, 0.4) is 0 Å². The van der Waals surface area contributed by atoms with Crippen LogP contribution in [0.15, 0.2) is 38.4 Å². The van der Waals surface area contributed by atoms with Crippen molar-refractivity contribution in [1.29, 1.82) is 0 Å². The molecule has 1 saturated heterocycles. The van der Waals surface area contributed by atoms with E-state index in [4.69, 9.17) is 13.9 Å². The Balaban J connectivity index is 1.33. The van der Waals surface area contributed by atoms with Crippen molar-refractivity contribution in [2.24, 2.45) is 0 Å². The molecular weight excluding hydrogens is 420 g/mol. The molecule has 3 heterocycles. The molecule has 1 atom stereocenters. The van der Waals surface area contributed by atoms with Gasteiger partial charge in [-0.3, -0.25) is 4.79 Å². The summed E-state index contributed by atoms with van der Waals surface area (Å²) in [4.78, 5) is 17.3. The van der Waals surface area contributed by atoms with Crippen molar-refractivity contribution in [3.05, 3.63) is 46.7 Å². The molecule has 2 aromatic heterocycles. The Morgan fingerprint density at radius 3 is 3.10 bits per heavy atom. The predicted octanol–water partition coefficient (Wildman–Crippen LogP) is 4.81. The summed E-state index contributed by atoms with van der Waals surface area (Å²) >= 11 is 3.25. The summed E-state index contributed by atoms with van der Waals surface area (Å²) in [5, 5.41) is 5.97. The zero-order chi connectivity index (χ0) is 20.8. The molecule has 8 heteroatoms. The van der Waals surface area contributed by atoms with Crippen LogP contribution < -0.4 is 5.32 Å². The molecule has 1 amide bonds. The number of ether oxygens (including phenoxy) is 2. The molecule has 1 fully saturated rings. The van der Waals surface area contributed by atoms with Gasteiger partial charge in [-0.2, -0.15) is 0 Å². The number of hydrogen-bond donors (Lipinski definition) is 1. The van der Waals surface area contributed by atoms with Crippen LogP contribution >= 0.6 is 23.1 Å². The standard InChI is InChI=1S/C22H26N2O4S2/c1-15-13-29-22(24-15)30-14-18-17-7-2-3-8-19(17)28-20(18)21(25)23-9-5-10-26-12-16-6-4-11-27-16/h2-3,7-8,13,16H,4-6,9-12,14H2,1H3,(H,23,25). The quantitative estimate of drug-likeness (QED) is 0.356. The summed E-state index contributed by atoms with van der Waals surface area (Å²) < 4.78 is 18.1. The lowest BCUT2D eigenvalue weighted by Gasteiger charge is -2.10. The number of rotatable bonds is 10. The highest BCUT2D eigenvalue weighted by Gasteiger charge is 2.21. The average molecular weight is 447 g/mol. The summed E-state index contributed by atoms with van der Waals surface area (Å²) in [6, 6.07) is 7.77. The van der Waals surface area contributed by atoms with E-state index in [0.717, 1.165) is 52.4 Å². The summed E-state index contributed by atoms with van der Waals surface area (Å²) in [6.07, 6.45) is 3.17. The van der Waals surface area contributed by atoms with Crippen molar-refractivity contribution in [1.82, 2.24) is 10.3 Å². The van der Waals surface area contributed by atoms with Gasteiger partial charge in [0.2, 0.25) is 0 Å². The van der Waals surface area contributed by atoms with Gasteiger partial charge in [0, 0.05) is 47.5 Å². The highest BCUT2D eigenvalue weighted by atomic mass is 32.2. The number of fused-ring (bicyclic) bond motifs is 1. The smallest absolute Gasteiger partial charge is 0.287 e. The van der Waals surface area contributed by atoms with Gasteiger partial charge in [0.05, 0.1) is 12.7 Å². The summed E-state index contributed by atoms with van der Waals surface area (Å²) in [5.41, 5.74) is 2.66. The van der Waals surface area contributed by atoms with Gasteiger partial charge in [-0.25, -0.2) is 4.98 Å². The van der Waals surface area contributed by atoms with Crippen LogP contribution in [0, 0.1) is 6.92 Å². The summed E-state index contributed by atoms with van der Waals surface area (Å²) in [7, 11) is 0. The first-order valence-corrected chi connectivity index (χ1v) is 12.1. The molecule has 3 aromatic rings. The monoisotopic (exact) mass is 446 g/mol. The highest BCUT2D eigenvalue weighted by Crippen LogP contribution is 2.33. The second kappa shape index (κ2) is 10.4. The van der Waals surface area contributed by atoms with Crippen LogP contribution in [-0.4, -0.2) is 43.4 Å². The predicted molar refractivity (Wildman–Crippen MR) is 119 cm³/mol. The van der Waals surface area contributed by atoms with Crippen molar-refractivity contribution in [2.45, 2.75) is 42.4 Å². The zero-order valence-corrected chi connectivity index (χ0v) is 18.7. The number of para-hydroxylation sites is 1. The van der Waals surface area contributed by atoms with Crippen molar-refractivity contribution < 1.29 is 18.7 Å². The number of nitrogens with one attached hydrogen (secondary N) is 1. The molecule has 30 heavy (non-hydrogen) atoms. The van der Waals surface area contributed by atoms with Gasteiger partial charge in [0.1, 0.15) is 9.92 Å². The third kappa shape index (κ3) is 5.43. The Hall–Kier alpha value is -1.87. The van der Waals surface area contributed by atoms with Crippen LogP contribution in [-0.2, 0) is 15.2 Å². The zero-order valence-electron chi connectivity index (χ0n) is 17.0. The van der Waals surface area contributed by atoms with Gasteiger partial charge in [-0.05, 0) is 32.3 Å². The molecule has 1 unspecified atom stereocenters. The Bertz CT molecular complexity index is 979. The number of thiazole rings is 1. The number of nitrogens with zero attached hydrogens (tertiary/aromatic N) is 1. The number of hydrogen-bond acceptors (Lipinski definition) is 7. The maximum absolute atomic E-state index is 12.8. The maximum Gasteiger partial charge on any atom is 0.287 e. The maximum atomic E-state index is 12.8. The molecule has 0 bridgehead atoms. The van der Waals surface area contributed by atoms with Crippen molar-refractivity contribution >= 4 is 40.0 Å². The summed E-state index contributed by atoms with van der Waals surface area (Å²) in [5.74, 6) is 0.838. The minimum atomic E-state index is -0.184. The fraction of sp³-hybridized carbons (Fsp3) is 0.455. The van der Waals surface area contributed by atoms with E-state index in [2.05, 4.69) is 10.3 Å². The highest BCUT2D eigenvalue weighted by molar-refractivity contribution is 8.00. The number of thioether (sulfide) groups is 1. The van der Waals surface area contributed by atoms with E-state index >= 15 is 0 Å². The van der Waals surface area contributed by atoms with Crippen LogP contribution in [0.4, 0.5) is 0 Å². The number of furan rings is 1. The first-order chi connectivity index (χ1) is 14.7. The second-order valence-corrected chi connectivity index (χ2v) is 9.35. The minimum Gasteiger partial charge on any atom is -0.451 e.